The summed E-state index contributed by atoms with van der Waals surface area (Å²) in [7, 11) is 0. The molecule has 0 radical (unpaired) electrons. The standard InChI is InChI=1S/C29H25NO2S.C2H6.CH4/c31-29-28(33)27(30(29)24-14-8-3-9-15-24)25-17-16-23(18-21-10-4-1-5-11-21)19-26(25)32-20-22-12-6-2-7-13-22;1-2;/h1-17,19,27-28,33H,18,20H2;1-2H3;1H4. The molecule has 5 rings (SSSR count). The lowest BCUT2D eigenvalue weighted by Gasteiger charge is -2.45. The Bertz CT molecular complexity index is 1230. The SMILES string of the molecule is C.CC.O=C1C(S)C(c2ccc(Cc3ccccc3)cc2OCc2ccccc2)N1c1ccccc1. The van der Waals surface area contributed by atoms with Crippen LogP contribution in [0.5, 0.6) is 5.75 Å². The van der Waals surface area contributed by atoms with Crippen molar-refractivity contribution in [2.45, 2.75) is 45.6 Å². The van der Waals surface area contributed by atoms with E-state index in [1.807, 2.05) is 73.3 Å². The molecule has 0 spiro atoms. The van der Waals surface area contributed by atoms with E-state index in [1.54, 1.807) is 0 Å². The first-order valence-corrected chi connectivity index (χ1v) is 12.6. The molecule has 0 aliphatic carbocycles. The van der Waals surface area contributed by atoms with Crippen LogP contribution in [0.1, 0.15) is 49.6 Å². The van der Waals surface area contributed by atoms with E-state index >= 15 is 0 Å². The van der Waals surface area contributed by atoms with Gasteiger partial charge in [-0.25, -0.2) is 0 Å². The lowest BCUT2D eigenvalue weighted by Crippen LogP contribution is -2.56. The van der Waals surface area contributed by atoms with E-state index in [0.717, 1.165) is 29.0 Å². The highest BCUT2D eigenvalue weighted by Gasteiger charge is 2.48. The Hall–Kier alpha value is -3.50. The first-order valence-electron chi connectivity index (χ1n) is 12.1. The minimum Gasteiger partial charge on any atom is -0.489 e. The van der Waals surface area contributed by atoms with Gasteiger partial charge in [-0.15, -0.1) is 0 Å². The molecular weight excluding hydrogens is 462 g/mol. The zero-order chi connectivity index (χ0) is 24.6. The second-order valence-corrected chi connectivity index (χ2v) is 8.80. The van der Waals surface area contributed by atoms with Crippen LogP contribution in [0, 0.1) is 0 Å². The molecule has 36 heavy (non-hydrogen) atoms. The molecule has 1 heterocycles. The minimum atomic E-state index is -0.399. The molecule has 1 fully saturated rings. The Labute approximate surface area is 221 Å². The monoisotopic (exact) mass is 497 g/mol. The maximum atomic E-state index is 12.8. The van der Waals surface area contributed by atoms with Crippen LogP contribution >= 0.6 is 12.6 Å². The molecule has 1 saturated heterocycles. The number of thiol groups is 1. The van der Waals surface area contributed by atoms with Gasteiger partial charge in [0.25, 0.3) is 0 Å². The van der Waals surface area contributed by atoms with Crippen molar-refractivity contribution in [3.8, 4) is 5.75 Å². The largest absolute Gasteiger partial charge is 0.489 e. The van der Waals surface area contributed by atoms with Gasteiger partial charge in [-0.3, -0.25) is 4.79 Å². The summed E-state index contributed by atoms with van der Waals surface area (Å²) in [4.78, 5) is 14.6. The summed E-state index contributed by atoms with van der Waals surface area (Å²) in [5.74, 6) is 0.807. The van der Waals surface area contributed by atoms with Gasteiger partial charge in [-0.2, -0.15) is 12.6 Å². The molecular formula is C32H35NO2S. The second kappa shape index (κ2) is 13.0. The summed E-state index contributed by atoms with van der Waals surface area (Å²) in [6.07, 6.45) is 0.819. The fourth-order valence-corrected chi connectivity index (χ4v) is 4.70. The van der Waals surface area contributed by atoms with Gasteiger partial charge in [0.2, 0.25) is 5.91 Å². The molecule has 0 saturated carbocycles. The molecule has 0 N–H and O–H groups in total. The summed E-state index contributed by atoms with van der Waals surface area (Å²) in [5, 5.41) is -0.399. The average molecular weight is 498 g/mol. The van der Waals surface area contributed by atoms with Gasteiger partial charge in [-0.05, 0) is 41.3 Å². The van der Waals surface area contributed by atoms with Crippen molar-refractivity contribution in [1.29, 1.82) is 0 Å². The number of benzene rings is 4. The zero-order valence-electron chi connectivity index (χ0n) is 20.2. The third-order valence-corrected chi connectivity index (χ3v) is 6.49. The van der Waals surface area contributed by atoms with E-state index in [1.165, 1.54) is 11.1 Å². The highest BCUT2D eigenvalue weighted by Crippen LogP contribution is 2.45. The van der Waals surface area contributed by atoms with E-state index < -0.39 is 5.25 Å². The molecule has 0 bridgehead atoms. The number of carbonyl (C=O) groups is 1. The van der Waals surface area contributed by atoms with Gasteiger partial charge in [0, 0.05) is 11.3 Å². The molecule has 1 aliphatic rings. The summed E-state index contributed by atoms with van der Waals surface area (Å²) < 4.78 is 6.35. The maximum Gasteiger partial charge on any atom is 0.242 e. The number of para-hydroxylation sites is 1. The minimum absolute atomic E-state index is 0. The van der Waals surface area contributed by atoms with Crippen LogP contribution in [0.15, 0.2) is 109 Å². The van der Waals surface area contributed by atoms with Gasteiger partial charge >= 0.3 is 0 Å². The number of carbonyl (C=O) groups excluding carboxylic acids is 1. The van der Waals surface area contributed by atoms with Gasteiger partial charge in [0.05, 0.1) is 6.04 Å². The number of rotatable bonds is 7. The number of β-lactam (4-membered cyclic amide) rings is 1. The molecule has 2 atom stereocenters. The molecule has 4 aromatic carbocycles. The van der Waals surface area contributed by atoms with Crippen molar-refractivity contribution in [3.63, 3.8) is 0 Å². The average Bonchev–Trinajstić information content (AvgIpc) is 2.93. The van der Waals surface area contributed by atoms with Crippen LogP contribution in [-0.4, -0.2) is 11.2 Å². The molecule has 2 unspecified atom stereocenters. The van der Waals surface area contributed by atoms with Crippen molar-refractivity contribution in [2.75, 3.05) is 4.90 Å². The highest BCUT2D eigenvalue weighted by atomic mass is 32.1. The number of hydrogen-bond acceptors (Lipinski definition) is 3. The number of nitrogens with zero attached hydrogens (tertiary/aromatic N) is 1. The van der Waals surface area contributed by atoms with Crippen LogP contribution in [0.4, 0.5) is 5.69 Å². The van der Waals surface area contributed by atoms with Crippen molar-refractivity contribution < 1.29 is 9.53 Å². The Balaban J connectivity index is 0.00000117. The van der Waals surface area contributed by atoms with Crippen molar-refractivity contribution in [3.05, 3.63) is 131 Å². The van der Waals surface area contributed by atoms with E-state index in [4.69, 9.17) is 4.74 Å². The fourth-order valence-electron chi connectivity index (χ4n) is 4.28. The van der Waals surface area contributed by atoms with Crippen LogP contribution < -0.4 is 9.64 Å². The summed E-state index contributed by atoms with van der Waals surface area (Å²) in [5.41, 5.74) is 5.37. The number of ether oxygens (including phenoxy) is 1. The summed E-state index contributed by atoms with van der Waals surface area (Å²) in [6.45, 7) is 4.46. The van der Waals surface area contributed by atoms with E-state index in [9.17, 15) is 4.79 Å². The van der Waals surface area contributed by atoms with Crippen molar-refractivity contribution >= 4 is 24.2 Å². The molecule has 1 aliphatic heterocycles. The van der Waals surface area contributed by atoms with E-state index in [-0.39, 0.29) is 19.4 Å². The van der Waals surface area contributed by atoms with Gasteiger partial charge < -0.3 is 9.64 Å². The first kappa shape index (κ1) is 27.1. The molecule has 4 aromatic rings. The van der Waals surface area contributed by atoms with Crippen LogP contribution in [0.25, 0.3) is 0 Å². The Morgan fingerprint density at radius 1 is 0.750 bits per heavy atom. The van der Waals surface area contributed by atoms with Crippen molar-refractivity contribution in [2.24, 2.45) is 0 Å². The third-order valence-electron chi connectivity index (χ3n) is 5.99. The number of hydrogen-bond donors (Lipinski definition) is 1. The predicted octanol–water partition coefficient (Wildman–Crippen LogP) is 7.91. The highest BCUT2D eigenvalue weighted by molar-refractivity contribution is 7.82. The molecule has 3 nitrogen and oxygen atoms in total. The zero-order valence-corrected chi connectivity index (χ0v) is 21.1. The number of amides is 1. The summed E-state index contributed by atoms with van der Waals surface area (Å²) >= 11 is 4.64. The third kappa shape index (κ3) is 6.00. The Morgan fingerprint density at radius 3 is 1.92 bits per heavy atom. The quantitative estimate of drug-likeness (QED) is 0.208. The van der Waals surface area contributed by atoms with Gasteiger partial charge in [0.1, 0.15) is 17.6 Å². The molecule has 0 aromatic heterocycles. The normalized spacial score (nSPS) is 16.2. The molecule has 4 heteroatoms. The van der Waals surface area contributed by atoms with Crippen LogP contribution in [-0.2, 0) is 17.8 Å². The van der Waals surface area contributed by atoms with Crippen LogP contribution in [0.3, 0.4) is 0 Å². The predicted molar refractivity (Wildman–Crippen MR) is 154 cm³/mol. The second-order valence-electron chi connectivity index (χ2n) is 8.24. The van der Waals surface area contributed by atoms with Gasteiger partial charge in [-0.1, -0.05) is 112 Å². The fraction of sp³-hybridized carbons (Fsp3) is 0.219. The lowest BCUT2D eigenvalue weighted by molar-refractivity contribution is -0.123. The molecule has 1 amide bonds. The van der Waals surface area contributed by atoms with Crippen LogP contribution in [0.2, 0.25) is 0 Å². The van der Waals surface area contributed by atoms with E-state index in [0.29, 0.717) is 6.61 Å². The summed E-state index contributed by atoms with van der Waals surface area (Å²) in [6, 6.07) is 36.4. The smallest absolute Gasteiger partial charge is 0.242 e. The van der Waals surface area contributed by atoms with Gasteiger partial charge in [0.15, 0.2) is 0 Å². The molecule has 186 valence electrons. The topological polar surface area (TPSA) is 29.5 Å². The van der Waals surface area contributed by atoms with E-state index in [2.05, 4.69) is 67.2 Å². The van der Waals surface area contributed by atoms with Crippen molar-refractivity contribution in [1.82, 2.24) is 0 Å². The lowest BCUT2D eigenvalue weighted by atomic mass is 9.90. The first-order chi connectivity index (χ1) is 17.2. The Kier molecular flexibility index (Phi) is 9.77. The maximum absolute atomic E-state index is 12.8. The number of anilines is 1. The Morgan fingerprint density at radius 2 is 1.31 bits per heavy atom.